The highest BCUT2D eigenvalue weighted by atomic mass is 16.5. The highest BCUT2D eigenvalue weighted by molar-refractivity contribution is 4.74. The Labute approximate surface area is 87.8 Å². The van der Waals surface area contributed by atoms with Gasteiger partial charge in [-0.05, 0) is 40.8 Å². The highest BCUT2D eigenvalue weighted by Gasteiger charge is 2.21. The van der Waals surface area contributed by atoms with Crippen molar-refractivity contribution in [3.05, 3.63) is 0 Å². The minimum atomic E-state index is 0.392. The molecule has 0 aromatic carbocycles. The standard InChI is InChI=1S/C11H24N2O/c1-9(12-4)5-6-13-7-10(2)14-11(3)8-13/h9-12H,5-8H2,1-4H3/t9?,10-,11+. The first-order chi connectivity index (χ1) is 6.61. The van der Waals surface area contributed by atoms with Crippen molar-refractivity contribution in [1.29, 1.82) is 0 Å². The van der Waals surface area contributed by atoms with E-state index in [2.05, 4.69) is 31.0 Å². The van der Waals surface area contributed by atoms with E-state index in [0.29, 0.717) is 18.2 Å². The minimum absolute atomic E-state index is 0.392. The Kier molecular flexibility index (Phi) is 4.85. The van der Waals surface area contributed by atoms with Crippen LogP contribution in [0.25, 0.3) is 0 Å². The summed E-state index contributed by atoms with van der Waals surface area (Å²) in [5, 5.41) is 3.27. The van der Waals surface area contributed by atoms with Gasteiger partial charge in [-0.25, -0.2) is 0 Å². The van der Waals surface area contributed by atoms with Gasteiger partial charge in [0, 0.05) is 19.1 Å². The fourth-order valence-corrected chi connectivity index (χ4v) is 1.99. The van der Waals surface area contributed by atoms with Crippen molar-refractivity contribution < 1.29 is 4.74 Å². The fourth-order valence-electron chi connectivity index (χ4n) is 1.99. The maximum atomic E-state index is 5.69. The SMILES string of the molecule is CNC(C)CCN1C[C@@H](C)O[C@@H](C)C1. The van der Waals surface area contributed by atoms with E-state index in [0.717, 1.165) is 13.1 Å². The molecule has 0 bridgehead atoms. The molecule has 0 saturated carbocycles. The van der Waals surface area contributed by atoms with E-state index in [1.54, 1.807) is 0 Å². The summed E-state index contributed by atoms with van der Waals surface area (Å²) >= 11 is 0. The Morgan fingerprint density at radius 2 is 1.93 bits per heavy atom. The quantitative estimate of drug-likeness (QED) is 0.735. The summed E-state index contributed by atoms with van der Waals surface area (Å²) in [5.41, 5.74) is 0. The molecule has 84 valence electrons. The first-order valence-corrected chi connectivity index (χ1v) is 5.67. The topological polar surface area (TPSA) is 24.5 Å². The normalized spacial score (nSPS) is 31.7. The van der Waals surface area contributed by atoms with Crippen LogP contribution in [-0.4, -0.2) is 49.8 Å². The molecule has 1 N–H and O–H groups in total. The molecule has 1 heterocycles. The Hall–Kier alpha value is -0.120. The summed E-state index contributed by atoms with van der Waals surface area (Å²) in [4.78, 5) is 2.51. The van der Waals surface area contributed by atoms with Crippen molar-refractivity contribution in [3.63, 3.8) is 0 Å². The molecular weight excluding hydrogens is 176 g/mol. The van der Waals surface area contributed by atoms with Gasteiger partial charge in [0.2, 0.25) is 0 Å². The van der Waals surface area contributed by atoms with Gasteiger partial charge < -0.3 is 10.1 Å². The second-order valence-electron chi connectivity index (χ2n) is 4.50. The number of hydrogen-bond acceptors (Lipinski definition) is 3. The van der Waals surface area contributed by atoms with Gasteiger partial charge in [-0.1, -0.05) is 0 Å². The fraction of sp³-hybridized carbons (Fsp3) is 1.00. The lowest BCUT2D eigenvalue weighted by molar-refractivity contribution is -0.0684. The van der Waals surface area contributed by atoms with Crippen molar-refractivity contribution in [1.82, 2.24) is 10.2 Å². The zero-order chi connectivity index (χ0) is 10.6. The van der Waals surface area contributed by atoms with Gasteiger partial charge in [0.15, 0.2) is 0 Å². The Morgan fingerprint density at radius 3 is 2.43 bits per heavy atom. The van der Waals surface area contributed by atoms with Gasteiger partial charge in [-0.15, -0.1) is 0 Å². The molecule has 1 aliphatic heterocycles. The zero-order valence-electron chi connectivity index (χ0n) is 9.92. The van der Waals surface area contributed by atoms with Crippen LogP contribution in [0.4, 0.5) is 0 Å². The molecule has 0 spiro atoms. The third-order valence-corrected chi connectivity index (χ3v) is 2.87. The maximum absolute atomic E-state index is 5.69. The summed E-state index contributed by atoms with van der Waals surface area (Å²) in [6, 6.07) is 0.614. The smallest absolute Gasteiger partial charge is 0.0678 e. The summed E-state index contributed by atoms with van der Waals surface area (Å²) in [5.74, 6) is 0. The van der Waals surface area contributed by atoms with Gasteiger partial charge in [0.1, 0.15) is 0 Å². The number of rotatable bonds is 4. The molecule has 14 heavy (non-hydrogen) atoms. The van der Waals surface area contributed by atoms with E-state index in [1.165, 1.54) is 13.0 Å². The molecular formula is C11H24N2O. The van der Waals surface area contributed by atoms with Crippen molar-refractivity contribution in [3.8, 4) is 0 Å². The van der Waals surface area contributed by atoms with E-state index in [4.69, 9.17) is 4.74 Å². The van der Waals surface area contributed by atoms with Crippen LogP contribution >= 0.6 is 0 Å². The van der Waals surface area contributed by atoms with Crippen molar-refractivity contribution in [2.24, 2.45) is 0 Å². The predicted molar refractivity (Wildman–Crippen MR) is 59.6 cm³/mol. The number of nitrogens with zero attached hydrogens (tertiary/aromatic N) is 1. The van der Waals surface area contributed by atoms with Crippen molar-refractivity contribution in [2.75, 3.05) is 26.7 Å². The molecule has 1 aliphatic rings. The Morgan fingerprint density at radius 1 is 1.36 bits per heavy atom. The monoisotopic (exact) mass is 200 g/mol. The summed E-state index contributed by atoms with van der Waals surface area (Å²) in [6.45, 7) is 9.89. The molecule has 1 unspecified atom stereocenters. The van der Waals surface area contributed by atoms with Crippen LogP contribution in [0.1, 0.15) is 27.2 Å². The highest BCUT2D eigenvalue weighted by Crippen LogP contribution is 2.11. The maximum Gasteiger partial charge on any atom is 0.0678 e. The Balaban J connectivity index is 2.23. The molecule has 0 aromatic rings. The predicted octanol–water partition coefficient (Wildman–Crippen LogP) is 1.09. The number of morpholine rings is 1. The van der Waals surface area contributed by atoms with E-state index < -0.39 is 0 Å². The third-order valence-electron chi connectivity index (χ3n) is 2.87. The van der Waals surface area contributed by atoms with Gasteiger partial charge in [0.25, 0.3) is 0 Å². The third kappa shape index (κ3) is 3.95. The van der Waals surface area contributed by atoms with Gasteiger partial charge in [-0.3, -0.25) is 4.90 Å². The second-order valence-corrected chi connectivity index (χ2v) is 4.50. The van der Waals surface area contributed by atoms with Gasteiger partial charge in [0.05, 0.1) is 12.2 Å². The number of hydrogen-bond donors (Lipinski definition) is 1. The van der Waals surface area contributed by atoms with Crippen LogP contribution in [-0.2, 0) is 4.74 Å². The lowest BCUT2D eigenvalue weighted by Crippen LogP contribution is -2.46. The van der Waals surface area contributed by atoms with Gasteiger partial charge >= 0.3 is 0 Å². The molecule has 3 heteroatoms. The lowest BCUT2D eigenvalue weighted by Gasteiger charge is -2.35. The average molecular weight is 200 g/mol. The first kappa shape index (κ1) is 12.0. The molecule has 0 aliphatic carbocycles. The van der Waals surface area contributed by atoms with Crippen LogP contribution in [0.15, 0.2) is 0 Å². The molecule has 1 fully saturated rings. The number of nitrogens with one attached hydrogen (secondary N) is 1. The zero-order valence-corrected chi connectivity index (χ0v) is 9.92. The van der Waals surface area contributed by atoms with Gasteiger partial charge in [-0.2, -0.15) is 0 Å². The molecule has 1 rings (SSSR count). The van der Waals surface area contributed by atoms with Crippen molar-refractivity contribution in [2.45, 2.75) is 45.4 Å². The lowest BCUT2D eigenvalue weighted by atomic mass is 10.2. The molecule has 1 saturated heterocycles. The molecule has 0 aromatic heterocycles. The summed E-state index contributed by atoms with van der Waals surface area (Å²) in [6.07, 6.45) is 2.00. The van der Waals surface area contributed by atoms with E-state index in [9.17, 15) is 0 Å². The molecule has 3 nitrogen and oxygen atoms in total. The average Bonchev–Trinajstić information content (AvgIpc) is 2.12. The Bertz CT molecular complexity index is 153. The van der Waals surface area contributed by atoms with E-state index in [-0.39, 0.29) is 0 Å². The van der Waals surface area contributed by atoms with Crippen LogP contribution < -0.4 is 5.32 Å². The molecule has 3 atom stereocenters. The summed E-state index contributed by atoms with van der Waals surface area (Å²) < 4.78 is 5.69. The van der Waals surface area contributed by atoms with Crippen LogP contribution in [0, 0.1) is 0 Å². The van der Waals surface area contributed by atoms with E-state index >= 15 is 0 Å². The number of ether oxygens (including phenoxy) is 1. The van der Waals surface area contributed by atoms with E-state index in [1.807, 2.05) is 7.05 Å². The second kappa shape index (κ2) is 5.69. The largest absolute Gasteiger partial charge is 0.373 e. The van der Waals surface area contributed by atoms with Crippen LogP contribution in [0.3, 0.4) is 0 Å². The minimum Gasteiger partial charge on any atom is -0.373 e. The molecule has 0 amide bonds. The first-order valence-electron chi connectivity index (χ1n) is 5.67. The van der Waals surface area contributed by atoms with Crippen molar-refractivity contribution >= 4 is 0 Å². The molecule has 0 radical (unpaired) electrons. The van der Waals surface area contributed by atoms with Crippen LogP contribution in [0.2, 0.25) is 0 Å². The van der Waals surface area contributed by atoms with Crippen LogP contribution in [0.5, 0.6) is 0 Å². The summed E-state index contributed by atoms with van der Waals surface area (Å²) in [7, 11) is 2.02.